The van der Waals surface area contributed by atoms with Crippen molar-refractivity contribution in [1.29, 1.82) is 0 Å². The summed E-state index contributed by atoms with van der Waals surface area (Å²) >= 11 is 0. The zero-order valence-electron chi connectivity index (χ0n) is 17.3. The Bertz CT molecular complexity index is 1270. The highest BCUT2D eigenvalue weighted by Crippen LogP contribution is 2.34. The van der Waals surface area contributed by atoms with Gasteiger partial charge in [-0.25, -0.2) is 9.97 Å². The Balaban J connectivity index is 1.16. The minimum atomic E-state index is 0.0389. The van der Waals surface area contributed by atoms with E-state index in [9.17, 15) is 4.79 Å². The fourth-order valence-electron chi connectivity index (χ4n) is 5.09. The number of hydrogen-bond acceptors (Lipinski definition) is 5. The molecule has 1 fully saturated rings. The van der Waals surface area contributed by atoms with Gasteiger partial charge in [0.25, 0.3) is 0 Å². The van der Waals surface area contributed by atoms with Crippen LogP contribution in [0.1, 0.15) is 36.4 Å². The number of furan rings is 1. The molecular weight excluding hydrogens is 388 g/mol. The van der Waals surface area contributed by atoms with E-state index in [1.807, 2.05) is 24.3 Å². The van der Waals surface area contributed by atoms with Crippen molar-refractivity contribution in [1.82, 2.24) is 15.3 Å². The molecule has 2 aromatic heterocycles. The number of rotatable bonds is 3. The summed E-state index contributed by atoms with van der Waals surface area (Å²) in [6.07, 6.45) is 5.27. The van der Waals surface area contributed by atoms with Gasteiger partial charge in [0, 0.05) is 24.4 Å². The van der Waals surface area contributed by atoms with Gasteiger partial charge in [0.2, 0.25) is 5.91 Å². The second kappa shape index (κ2) is 7.38. The number of nitrogens with zero attached hydrogens (tertiary/aromatic N) is 3. The molecule has 0 radical (unpaired) electrons. The Hall–Kier alpha value is -3.41. The predicted octanol–water partition coefficient (Wildman–Crippen LogP) is 4.40. The lowest BCUT2D eigenvalue weighted by molar-refractivity contribution is -0.126. The SMILES string of the molecule is O=C(N[C@@H]1CCc2ccccc21)C1CCN(c2ncnc3c2oc2ccccc23)CC1. The largest absolute Gasteiger partial charge is 0.450 e. The van der Waals surface area contributed by atoms with Gasteiger partial charge < -0.3 is 14.6 Å². The fraction of sp³-hybridized carbons (Fsp3) is 0.320. The number of aryl methyl sites for hydroxylation is 1. The van der Waals surface area contributed by atoms with E-state index in [1.54, 1.807) is 6.33 Å². The number of carbonyl (C=O) groups excluding carboxylic acids is 1. The number of para-hydroxylation sites is 1. The summed E-state index contributed by atoms with van der Waals surface area (Å²) in [4.78, 5) is 24.2. The van der Waals surface area contributed by atoms with E-state index >= 15 is 0 Å². The second-order valence-corrected chi connectivity index (χ2v) is 8.53. The fourth-order valence-corrected chi connectivity index (χ4v) is 5.09. The van der Waals surface area contributed by atoms with E-state index in [4.69, 9.17) is 4.42 Å². The third-order valence-electron chi connectivity index (χ3n) is 6.75. The highest BCUT2D eigenvalue weighted by Gasteiger charge is 2.30. The lowest BCUT2D eigenvalue weighted by Gasteiger charge is -2.32. The summed E-state index contributed by atoms with van der Waals surface area (Å²) in [6.45, 7) is 1.56. The molecule has 4 aromatic rings. The first kappa shape index (κ1) is 18.4. The van der Waals surface area contributed by atoms with E-state index in [-0.39, 0.29) is 17.9 Å². The Kier molecular flexibility index (Phi) is 4.37. The van der Waals surface area contributed by atoms with Crippen molar-refractivity contribution in [2.75, 3.05) is 18.0 Å². The Labute approximate surface area is 180 Å². The summed E-state index contributed by atoms with van der Waals surface area (Å²) < 4.78 is 6.09. The number of aromatic nitrogens is 2. The Morgan fingerprint density at radius 3 is 2.71 bits per heavy atom. The molecular formula is C25H24N4O2. The van der Waals surface area contributed by atoms with Crippen molar-refractivity contribution in [3.8, 4) is 0 Å². The van der Waals surface area contributed by atoms with Crippen LogP contribution in [0, 0.1) is 5.92 Å². The van der Waals surface area contributed by atoms with Crippen LogP contribution in [0.25, 0.3) is 22.1 Å². The quantitative estimate of drug-likeness (QED) is 0.540. The molecule has 0 saturated carbocycles. The lowest BCUT2D eigenvalue weighted by Crippen LogP contribution is -2.41. The van der Waals surface area contributed by atoms with E-state index in [2.05, 4.69) is 44.5 Å². The first-order valence-electron chi connectivity index (χ1n) is 11.0. The van der Waals surface area contributed by atoms with Crippen molar-refractivity contribution < 1.29 is 9.21 Å². The van der Waals surface area contributed by atoms with Crippen LogP contribution in [0.4, 0.5) is 5.82 Å². The molecule has 1 aliphatic carbocycles. The Morgan fingerprint density at radius 1 is 1.00 bits per heavy atom. The van der Waals surface area contributed by atoms with Crippen LogP contribution >= 0.6 is 0 Å². The number of amides is 1. The maximum Gasteiger partial charge on any atom is 0.223 e. The number of benzene rings is 2. The molecule has 0 spiro atoms. The van der Waals surface area contributed by atoms with Crippen LogP contribution in [-0.2, 0) is 11.2 Å². The van der Waals surface area contributed by atoms with Crippen molar-refractivity contribution in [2.24, 2.45) is 5.92 Å². The molecule has 0 bridgehead atoms. The van der Waals surface area contributed by atoms with Crippen LogP contribution < -0.4 is 10.2 Å². The topological polar surface area (TPSA) is 71.3 Å². The van der Waals surface area contributed by atoms with Crippen LogP contribution in [0.3, 0.4) is 0 Å². The van der Waals surface area contributed by atoms with Crippen molar-refractivity contribution in [2.45, 2.75) is 31.7 Å². The molecule has 2 aromatic carbocycles. The van der Waals surface area contributed by atoms with Gasteiger partial charge in [0.15, 0.2) is 11.4 Å². The molecule has 6 nitrogen and oxygen atoms in total. The van der Waals surface area contributed by atoms with Crippen molar-refractivity contribution in [3.05, 3.63) is 66.0 Å². The molecule has 0 unspecified atom stereocenters. The van der Waals surface area contributed by atoms with Gasteiger partial charge in [-0.05, 0) is 48.9 Å². The van der Waals surface area contributed by atoms with E-state index < -0.39 is 0 Å². The summed E-state index contributed by atoms with van der Waals surface area (Å²) in [7, 11) is 0. The zero-order valence-corrected chi connectivity index (χ0v) is 17.3. The monoisotopic (exact) mass is 412 g/mol. The molecule has 2 aliphatic rings. The standard InChI is InChI=1S/C25H24N4O2/c30-25(28-20-10-9-16-5-1-2-6-18(16)20)17-11-13-29(14-12-17)24-23-22(26-15-27-24)19-7-3-4-8-21(19)31-23/h1-8,15,17,20H,9-14H2,(H,28,30)/t20-/m1/s1. The third-order valence-corrected chi connectivity index (χ3v) is 6.75. The normalized spacial score (nSPS) is 19.1. The van der Waals surface area contributed by atoms with Gasteiger partial charge in [0.1, 0.15) is 17.4 Å². The molecule has 1 N–H and O–H groups in total. The first-order valence-corrected chi connectivity index (χ1v) is 11.0. The molecule has 1 saturated heterocycles. The molecule has 3 heterocycles. The lowest BCUT2D eigenvalue weighted by atomic mass is 9.95. The van der Waals surface area contributed by atoms with E-state index in [0.29, 0.717) is 0 Å². The van der Waals surface area contributed by atoms with Crippen LogP contribution in [0.15, 0.2) is 59.3 Å². The average molecular weight is 412 g/mol. The maximum atomic E-state index is 13.0. The molecule has 1 aliphatic heterocycles. The maximum absolute atomic E-state index is 13.0. The van der Waals surface area contributed by atoms with Crippen LogP contribution in [0.5, 0.6) is 0 Å². The number of anilines is 1. The highest BCUT2D eigenvalue weighted by molar-refractivity contribution is 6.05. The van der Waals surface area contributed by atoms with Crippen LogP contribution in [-0.4, -0.2) is 29.0 Å². The van der Waals surface area contributed by atoms with Crippen molar-refractivity contribution >= 4 is 33.8 Å². The van der Waals surface area contributed by atoms with Gasteiger partial charge in [-0.3, -0.25) is 4.79 Å². The number of nitrogens with one attached hydrogen (secondary N) is 1. The molecule has 156 valence electrons. The number of piperidine rings is 1. The molecule has 1 amide bonds. The smallest absolute Gasteiger partial charge is 0.223 e. The van der Waals surface area contributed by atoms with Gasteiger partial charge in [-0.15, -0.1) is 0 Å². The first-order chi connectivity index (χ1) is 15.3. The average Bonchev–Trinajstić information content (AvgIpc) is 3.40. The minimum absolute atomic E-state index is 0.0389. The van der Waals surface area contributed by atoms with E-state index in [1.165, 1.54) is 11.1 Å². The number of hydrogen-bond donors (Lipinski definition) is 1. The molecule has 6 rings (SSSR count). The summed E-state index contributed by atoms with van der Waals surface area (Å²) in [5.74, 6) is 1.04. The predicted molar refractivity (Wildman–Crippen MR) is 120 cm³/mol. The highest BCUT2D eigenvalue weighted by atomic mass is 16.3. The summed E-state index contributed by atoms with van der Waals surface area (Å²) in [5, 5.41) is 4.31. The Morgan fingerprint density at radius 2 is 1.81 bits per heavy atom. The molecule has 31 heavy (non-hydrogen) atoms. The van der Waals surface area contributed by atoms with Crippen molar-refractivity contribution in [3.63, 3.8) is 0 Å². The van der Waals surface area contributed by atoms with Gasteiger partial charge >= 0.3 is 0 Å². The van der Waals surface area contributed by atoms with Crippen LogP contribution in [0.2, 0.25) is 0 Å². The summed E-state index contributed by atoms with van der Waals surface area (Å²) in [5.41, 5.74) is 5.04. The second-order valence-electron chi connectivity index (χ2n) is 8.53. The van der Waals surface area contributed by atoms with E-state index in [0.717, 1.165) is 66.7 Å². The van der Waals surface area contributed by atoms with Gasteiger partial charge in [-0.2, -0.15) is 0 Å². The van der Waals surface area contributed by atoms with Gasteiger partial charge in [0.05, 0.1) is 6.04 Å². The van der Waals surface area contributed by atoms with Gasteiger partial charge in [-0.1, -0.05) is 36.4 Å². The summed E-state index contributed by atoms with van der Waals surface area (Å²) in [6, 6.07) is 16.5. The number of carbonyl (C=O) groups is 1. The minimum Gasteiger partial charge on any atom is -0.450 e. The molecule has 1 atom stereocenters. The molecule has 6 heteroatoms. The number of fused-ring (bicyclic) bond motifs is 4. The zero-order chi connectivity index (χ0) is 20.8. The third kappa shape index (κ3) is 3.14.